The molecule has 3 rings (SSSR count). The van der Waals surface area contributed by atoms with Crippen LogP contribution in [0.25, 0.3) is 5.65 Å². The number of benzene rings is 1. The number of hydrogen-bond donors (Lipinski definition) is 1. The van der Waals surface area contributed by atoms with Crippen LogP contribution in [0.2, 0.25) is 0 Å². The number of aryl methyl sites for hydroxylation is 1. The second-order valence-corrected chi connectivity index (χ2v) is 5.13. The first kappa shape index (κ1) is 14.1. The number of aromatic nitrogens is 2. The highest BCUT2D eigenvalue weighted by Crippen LogP contribution is 2.11. The van der Waals surface area contributed by atoms with E-state index in [1.807, 2.05) is 53.9 Å². The summed E-state index contributed by atoms with van der Waals surface area (Å²) in [4.78, 5) is 16.5. The minimum Gasteiger partial charge on any atom is -0.497 e. The van der Waals surface area contributed by atoms with Crippen molar-refractivity contribution in [1.82, 2.24) is 14.7 Å². The molecule has 1 N–H and O–H groups in total. The van der Waals surface area contributed by atoms with Gasteiger partial charge >= 0.3 is 0 Å². The summed E-state index contributed by atoms with van der Waals surface area (Å²) in [5.41, 5.74) is 3.31. The number of hydrogen-bond acceptors (Lipinski definition) is 3. The first-order valence-electron chi connectivity index (χ1n) is 7.02. The van der Waals surface area contributed by atoms with Gasteiger partial charge in [0.1, 0.15) is 17.1 Å². The highest BCUT2D eigenvalue weighted by Gasteiger charge is 2.10. The number of carbonyl (C=O) groups is 1. The Balaban J connectivity index is 1.69. The molecule has 0 bridgehead atoms. The zero-order chi connectivity index (χ0) is 15.5. The van der Waals surface area contributed by atoms with Gasteiger partial charge in [0.15, 0.2) is 0 Å². The molecule has 0 spiro atoms. The van der Waals surface area contributed by atoms with E-state index in [0.29, 0.717) is 12.2 Å². The van der Waals surface area contributed by atoms with Crippen LogP contribution in [0.5, 0.6) is 5.75 Å². The molecule has 22 heavy (non-hydrogen) atoms. The number of ether oxygens (including phenoxy) is 1. The van der Waals surface area contributed by atoms with Gasteiger partial charge in [-0.2, -0.15) is 0 Å². The average Bonchev–Trinajstić information content (AvgIpc) is 2.96. The quantitative estimate of drug-likeness (QED) is 0.805. The number of nitrogens with one attached hydrogen (secondary N) is 1. The molecule has 1 aromatic carbocycles. The Labute approximate surface area is 128 Å². The van der Waals surface area contributed by atoms with E-state index in [1.54, 1.807) is 13.3 Å². The zero-order valence-electron chi connectivity index (χ0n) is 12.5. The maximum atomic E-state index is 12.2. The molecule has 0 aliphatic heterocycles. The van der Waals surface area contributed by atoms with E-state index in [1.165, 1.54) is 0 Å². The third-order valence-electron chi connectivity index (χ3n) is 3.44. The van der Waals surface area contributed by atoms with Gasteiger partial charge in [-0.15, -0.1) is 0 Å². The molecule has 0 aliphatic rings. The Morgan fingerprint density at radius 1 is 1.18 bits per heavy atom. The van der Waals surface area contributed by atoms with Crippen molar-refractivity contribution >= 4 is 11.6 Å². The largest absolute Gasteiger partial charge is 0.497 e. The first-order chi connectivity index (χ1) is 10.7. The molecule has 5 nitrogen and oxygen atoms in total. The van der Waals surface area contributed by atoms with E-state index in [-0.39, 0.29) is 5.91 Å². The Hall–Kier alpha value is -2.82. The number of rotatable bonds is 4. The van der Waals surface area contributed by atoms with Crippen molar-refractivity contribution < 1.29 is 9.53 Å². The van der Waals surface area contributed by atoms with Crippen molar-refractivity contribution in [2.24, 2.45) is 0 Å². The lowest BCUT2D eigenvalue weighted by Gasteiger charge is -2.04. The number of imidazole rings is 1. The molecule has 0 aliphatic carbocycles. The molecule has 0 fully saturated rings. The monoisotopic (exact) mass is 295 g/mol. The molecule has 5 heteroatoms. The second-order valence-electron chi connectivity index (χ2n) is 5.13. The standard InChI is InChI=1S/C17H17N3O2/c1-12-3-8-16-19-15(11-20(16)10-12)17(21)18-9-13-4-6-14(22-2)7-5-13/h3-8,10-11H,9H2,1-2H3,(H,18,21). The van der Waals surface area contributed by atoms with Gasteiger partial charge in [-0.1, -0.05) is 18.2 Å². The van der Waals surface area contributed by atoms with Crippen LogP contribution >= 0.6 is 0 Å². The van der Waals surface area contributed by atoms with E-state index >= 15 is 0 Å². The normalized spacial score (nSPS) is 10.6. The van der Waals surface area contributed by atoms with Crippen LogP contribution in [0.15, 0.2) is 48.8 Å². The fraction of sp³-hybridized carbons (Fsp3) is 0.176. The van der Waals surface area contributed by atoms with Crippen LogP contribution in [-0.2, 0) is 6.54 Å². The van der Waals surface area contributed by atoms with Gasteiger partial charge in [0.05, 0.1) is 7.11 Å². The maximum absolute atomic E-state index is 12.2. The summed E-state index contributed by atoms with van der Waals surface area (Å²) in [6.07, 6.45) is 3.69. The average molecular weight is 295 g/mol. The summed E-state index contributed by atoms with van der Waals surface area (Å²) < 4.78 is 6.97. The van der Waals surface area contributed by atoms with Crippen molar-refractivity contribution in [3.63, 3.8) is 0 Å². The van der Waals surface area contributed by atoms with Gasteiger partial charge in [-0.25, -0.2) is 4.98 Å². The van der Waals surface area contributed by atoms with Crippen LogP contribution in [0, 0.1) is 6.92 Å². The van der Waals surface area contributed by atoms with Gasteiger partial charge in [0.25, 0.3) is 5.91 Å². The Bertz CT molecular complexity index is 806. The molecule has 0 saturated carbocycles. The lowest BCUT2D eigenvalue weighted by Crippen LogP contribution is -2.23. The van der Waals surface area contributed by atoms with E-state index in [0.717, 1.165) is 22.5 Å². The minimum atomic E-state index is -0.183. The maximum Gasteiger partial charge on any atom is 0.271 e. The Morgan fingerprint density at radius 3 is 2.68 bits per heavy atom. The molecule has 0 saturated heterocycles. The fourth-order valence-corrected chi connectivity index (χ4v) is 2.23. The third kappa shape index (κ3) is 2.93. The number of methoxy groups -OCH3 is 1. The number of fused-ring (bicyclic) bond motifs is 1. The number of carbonyl (C=O) groups excluding carboxylic acids is 1. The summed E-state index contributed by atoms with van der Waals surface area (Å²) in [5, 5.41) is 2.87. The van der Waals surface area contributed by atoms with E-state index in [9.17, 15) is 4.79 Å². The molecule has 0 atom stereocenters. The summed E-state index contributed by atoms with van der Waals surface area (Å²) >= 11 is 0. The summed E-state index contributed by atoms with van der Waals surface area (Å²) in [5.74, 6) is 0.614. The molecular formula is C17H17N3O2. The van der Waals surface area contributed by atoms with Crippen LogP contribution in [0.1, 0.15) is 21.6 Å². The highest BCUT2D eigenvalue weighted by molar-refractivity contribution is 5.92. The van der Waals surface area contributed by atoms with Crippen molar-refractivity contribution in [3.8, 4) is 5.75 Å². The minimum absolute atomic E-state index is 0.183. The second kappa shape index (κ2) is 5.89. The van der Waals surface area contributed by atoms with Crippen LogP contribution < -0.4 is 10.1 Å². The number of pyridine rings is 1. The number of amides is 1. The third-order valence-corrected chi connectivity index (χ3v) is 3.44. The van der Waals surface area contributed by atoms with E-state index in [2.05, 4.69) is 10.3 Å². The van der Waals surface area contributed by atoms with E-state index in [4.69, 9.17) is 4.74 Å². The van der Waals surface area contributed by atoms with Crippen molar-refractivity contribution in [1.29, 1.82) is 0 Å². The molecule has 112 valence electrons. The molecule has 2 heterocycles. The van der Waals surface area contributed by atoms with Crippen LogP contribution in [0.3, 0.4) is 0 Å². The Morgan fingerprint density at radius 2 is 1.95 bits per heavy atom. The van der Waals surface area contributed by atoms with Crippen molar-refractivity contribution in [2.75, 3.05) is 7.11 Å². The lowest BCUT2D eigenvalue weighted by atomic mass is 10.2. The predicted octanol–water partition coefficient (Wildman–Crippen LogP) is 2.58. The molecule has 3 aromatic rings. The smallest absolute Gasteiger partial charge is 0.271 e. The van der Waals surface area contributed by atoms with Crippen molar-refractivity contribution in [3.05, 3.63) is 65.6 Å². The first-order valence-corrected chi connectivity index (χ1v) is 7.02. The Kier molecular flexibility index (Phi) is 3.78. The molecule has 2 aromatic heterocycles. The van der Waals surface area contributed by atoms with Gasteiger partial charge in [0.2, 0.25) is 0 Å². The van der Waals surface area contributed by atoms with Crippen LogP contribution in [0.4, 0.5) is 0 Å². The predicted molar refractivity (Wildman–Crippen MR) is 84.1 cm³/mol. The van der Waals surface area contributed by atoms with Crippen molar-refractivity contribution in [2.45, 2.75) is 13.5 Å². The van der Waals surface area contributed by atoms with Crippen LogP contribution in [-0.4, -0.2) is 22.4 Å². The van der Waals surface area contributed by atoms with E-state index < -0.39 is 0 Å². The summed E-state index contributed by atoms with van der Waals surface area (Å²) in [6.45, 7) is 2.46. The molecule has 0 unspecified atom stereocenters. The topological polar surface area (TPSA) is 55.6 Å². The zero-order valence-corrected chi connectivity index (χ0v) is 12.5. The molecule has 1 amide bonds. The molecular weight excluding hydrogens is 278 g/mol. The summed E-state index contributed by atoms with van der Waals surface area (Å²) in [6, 6.07) is 11.5. The van der Waals surface area contributed by atoms with Gasteiger partial charge in [-0.05, 0) is 36.2 Å². The SMILES string of the molecule is COc1ccc(CNC(=O)c2cn3cc(C)ccc3n2)cc1. The van der Waals surface area contributed by atoms with Gasteiger partial charge in [0, 0.05) is 18.9 Å². The highest BCUT2D eigenvalue weighted by atomic mass is 16.5. The van der Waals surface area contributed by atoms with Gasteiger partial charge < -0.3 is 14.5 Å². The lowest BCUT2D eigenvalue weighted by molar-refractivity contribution is 0.0946. The molecule has 0 radical (unpaired) electrons. The fourth-order valence-electron chi connectivity index (χ4n) is 2.23. The number of nitrogens with zero attached hydrogens (tertiary/aromatic N) is 2. The summed E-state index contributed by atoms with van der Waals surface area (Å²) in [7, 11) is 1.63. The van der Waals surface area contributed by atoms with Gasteiger partial charge in [-0.3, -0.25) is 4.79 Å².